The van der Waals surface area contributed by atoms with E-state index in [0.717, 1.165) is 13.2 Å². The lowest BCUT2D eigenvalue weighted by Gasteiger charge is -1.90. The largest absolute Gasteiger partial charge is 0.463 e. The van der Waals surface area contributed by atoms with E-state index in [4.69, 9.17) is 0 Å². The monoisotopic (exact) mass is 142 g/mol. The minimum Gasteiger partial charge on any atom is -0.463 e. The first kappa shape index (κ1) is 8.55. The van der Waals surface area contributed by atoms with E-state index < -0.39 is 17.5 Å². The van der Waals surface area contributed by atoms with Crippen LogP contribution < -0.4 is 0 Å². The van der Waals surface area contributed by atoms with Crippen molar-refractivity contribution in [2.24, 2.45) is 0 Å². The minimum atomic E-state index is -1.20. The van der Waals surface area contributed by atoms with E-state index in [1.165, 1.54) is 0 Å². The second-order valence-electron chi connectivity index (χ2n) is 1.39. The van der Waals surface area contributed by atoms with Crippen LogP contribution in [-0.2, 0) is 19.1 Å². The van der Waals surface area contributed by atoms with Gasteiger partial charge in [0.15, 0.2) is 0 Å². The van der Waals surface area contributed by atoms with Crippen LogP contribution in [0.1, 0.15) is 0 Å². The SMILES string of the molecule is C=CC(=O)C(=O)C(=O)OC. The van der Waals surface area contributed by atoms with Crippen LogP contribution in [0.5, 0.6) is 0 Å². The quantitative estimate of drug-likeness (QED) is 0.230. The van der Waals surface area contributed by atoms with Crippen molar-refractivity contribution in [1.29, 1.82) is 0 Å². The number of esters is 1. The molecule has 0 atom stereocenters. The number of carbonyl (C=O) groups excluding carboxylic acids is 3. The Kier molecular flexibility index (Phi) is 3.04. The Balaban J connectivity index is 4.22. The highest BCUT2D eigenvalue weighted by atomic mass is 16.5. The van der Waals surface area contributed by atoms with Gasteiger partial charge in [-0.2, -0.15) is 0 Å². The standard InChI is InChI=1S/C6H6O4/c1-3-4(7)5(8)6(9)10-2/h3H,1H2,2H3. The minimum absolute atomic E-state index is 0.763. The summed E-state index contributed by atoms with van der Waals surface area (Å²) in [6.45, 7) is 3.02. The van der Waals surface area contributed by atoms with E-state index in [2.05, 4.69) is 11.3 Å². The molecule has 0 unspecified atom stereocenters. The van der Waals surface area contributed by atoms with Crippen molar-refractivity contribution >= 4 is 17.5 Å². The molecule has 4 nitrogen and oxygen atoms in total. The molecule has 0 aliphatic carbocycles. The fourth-order valence-corrected chi connectivity index (χ4v) is 0.286. The molecule has 0 bridgehead atoms. The normalized spacial score (nSPS) is 8.10. The lowest BCUT2D eigenvalue weighted by atomic mass is 10.2. The van der Waals surface area contributed by atoms with Gasteiger partial charge >= 0.3 is 11.8 Å². The molecule has 0 saturated carbocycles. The molecular formula is C6H6O4. The van der Waals surface area contributed by atoms with Crippen molar-refractivity contribution in [3.63, 3.8) is 0 Å². The number of ether oxygens (including phenoxy) is 1. The Morgan fingerprint density at radius 2 is 1.90 bits per heavy atom. The Hall–Kier alpha value is -1.45. The third-order valence-corrected chi connectivity index (χ3v) is 0.780. The number of hydrogen-bond donors (Lipinski definition) is 0. The van der Waals surface area contributed by atoms with Gasteiger partial charge in [-0.1, -0.05) is 6.58 Å². The summed E-state index contributed by atoms with van der Waals surface area (Å²) in [5.74, 6) is -3.31. The highest BCUT2D eigenvalue weighted by Crippen LogP contribution is 1.81. The smallest absolute Gasteiger partial charge is 0.382 e. The van der Waals surface area contributed by atoms with Gasteiger partial charge in [-0.3, -0.25) is 9.59 Å². The number of Topliss-reactive ketones (excluding diaryl/α,β-unsaturated/α-hetero) is 1. The summed E-state index contributed by atoms with van der Waals surface area (Å²) < 4.78 is 3.98. The topological polar surface area (TPSA) is 60.4 Å². The molecule has 0 aromatic heterocycles. The van der Waals surface area contributed by atoms with Gasteiger partial charge in [-0.05, 0) is 6.08 Å². The maximum Gasteiger partial charge on any atom is 0.382 e. The first-order valence-electron chi connectivity index (χ1n) is 2.42. The van der Waals surface area contributed by atoms with Crippen molar-refractivity contribution in [2.75, 3.05) is 7.11 Å². The lowest BCUT2D eigenvalue weighted by molar-refractivity contribution is -0.154. The fraction of sp³-hybridized carbons (Fsp3) is 0.167. The predicted octanol–water partition coefficient (Wildman–Crippen LogP) is -0.516. The van der Waals surface area contributed by atoms with Crippen LogP contribution in [0.4, 0.5) is 0 Å². The number of carbonyl (C=O) groups is 3. The molecule has 0 aromatic rings. The van der Waals surface area contributed by atoms with Gasteiger partial charge in [0.05, 0.1) is 7.11 Å². The van der Waals surface area contributed by atoms with Gasteiger partial charge in [0.25, 0.3) is 0 Å². The van der Waals surface area contributed by atoms with Crippen molar-refractivity contribution in [1.82, 2.24) is 0 Å². The van der Waals surface area contributed by atoms with Gasteiger partial charge in [-0.25, -0.2) is 4.79 Å². The summed E-state index contributed by atoms with van der Waals surface area (Å²) in [5, 5.41) is 0. The lowest BCUT2D eigenvalue weighted by Crippen LogP contribution is -2.23. The van der Waals surface area contributed by atoms with Crippen LogP contribution in [0.3, 0.4) is 0 Å². The molecule has 0 N–H and O–H groups in total. The zero-order valence-corrected chi connectivity index (χ0v) is 5.42. The molecule has 0 spiro atoms. The van der Waals surface area contributed by atoms with Crippen LogP contribution in [0.25, 0.3) is 0 Å². The average molecular weight is 142 g/mol. The Bertz CT molecular complexity index is 192. The molecule has 0 aliphatic rings. The Morgan fingerprint density at radius 1 is 1.40 bits per heavy atom. The van der Waals surface area contributed by atoms with Crippen LogP contribution in [-0.4, -0.2) is 24.6 Å². The van der Waals surface area contributed by atoms with E-state index in [-0.39, 0.29) is 0 Å². The second kappa shape index (κ2) is 3.55. The van der Waals surface area contributed by atoms with E-state index in [1.54, 1.807) is 0 Å². The maximum atomic E-state index is 10.4. The summed E-state index contributed by atoms with van der Waals surface area (Å²) in [6, 6.07) is 0. The molecule has 0 aliphatic heterocycles. The number of methoxy groups -OCH3 is 1. The predicted molar refractivity (Wildman–Crippen MR) is 32.2 cm³/mol. The van der Waals surface area contributed by atoms with Crippen LogP contribution in [0, 0.1) is 0 Å². The van der Waals surface area contributed by atoms with Gasteiger partial charge in [0.1, 0.15) is 0 Å². The van der Waals surface area contributed by atoms with E-state index in [0.29, 0.717) is 0 Å². The number of rotatable bonds is 3. The molecule has 0 fully saturated rings. The molecule has 0 radical (unpaired) electrons. The van der Waals surface area contributed by atoms with Crippen LogP contribution >= 0.6 is 0 Å². The molecule has 10 heavy (non-hydrogen) atoms. The summed E-state index contributed by atoms with van der Waals surface area (Å²) >= 11 is 0. The molecular weight excluding hydrogens is 136 g/mol. The molecule has 0 saturated heterocycles. The number of hydrogen-bond acceptors (Lipinski definition) is 4. The molecule has 0 rings (SSSR count). The van der Waals surface area contributed by atoms with E-state index in [1.807, 2.05) is 0 Å². The molecule has 4 heteroatoms. The van der Waals surface area contributed by atoms with Crippen LogP contribution in [0.2, 0.25) is 0 Å². The van der Waals surface area contributed by atoms with E-state index in [9.17, 15) is 14.4 Å². The molecule has 0 amide bonds. The van der Waals surface area contributed by atoms with Gasteiger partial charge < -0.3 is 4.74 Å². The molecule has 0 aromatic carbocycles. The maximum absolute atomic E-state index is 10.4. The van der Waals surface area contributed by atoms with Crippen molar-refractivity contribution < 1.29 is 19.1 Å². The average Bonchev–Trinajstić information content (AvgIpc) is 2.00. The molecule has 54 valence electrons. The third-order valence-electron chi connectivity index (χ3n) is 0.780. The van der Waals surface area contributed by atoms with Crippen molar-refractivity contribution in [3.05, 3.63) is 12.7 Å². The summed E-state index contributed by atoms with van der Waals surface area (Å²) in [6.07, 6.45) is 0.763. The number of allylic oxidation sites excluding steroid dienone is 1. The summed E-state index contributed by atoms with van der Waals surface area (Å²) in [4.78, 5) is 31.0. The zero-order chi connectivity index (χ0) is 8.15. The van der Waals surface area contributed by atoms with Gasteiger partial charge in [0.2, 0.25) is 5.78 Å². The number of ketones is 2. The van der Waals surface area contributed by atoms with Crippen LogP contribution in [0.15, 0.2) is 12.7 Å². The Labute approximate surface area is 57.5 Å². The summed E-state index contributed by atoms with van der Waals surface area (Å²) in [5.41, 5.74) is 0. The third kappa shape index (κ3) is 1.81. The summed E-state index contributed by atoms with van der Waals surface area (Å²) in [7, 11) is 1.02. The van der Waals surface area contributed by atoms with Gasteiger partial charge in [0, 0.05) is 0 Å². The van der Waals surface area contributed by atoms with Crippen molar-refractivity contribution in [3.8, 4) is 0 Å². The highest BCUT2D eigenvalue weighted by Gasteiger charge is 2.19. The highest BCUT2D eigenvalue weighted by molar-refractivity contribution is 6.64. The first-order chi connectivity index (χ1) is 4.63. The fourth-order valence-electron chi connectivity index (χ4n) is 0.286. The zero-order valence-electron chi connectivity index (χ0n) is 5.42. The first-order valence-corrected chi connectivity index (χ1v) is 2.42. The van der Waals surface area contributed by atoms with Gasteiger partial charge in [-0.15, -0.1) is 0 Å². The molecule has 0 heterocycles. The Morgan fingerprint density at radius 3 is 2.20 bits per heavy atom. The van der Waals surface area contributed by atoms with Crippen molar-refractivity contribution in [2.45, 2.75) is 0 Å². The second-order valence-corrected chi connectivity index (χ2v) is 1.39. The van der Waals surface area contributed by atoms with E-state index >= 15 is 0 Å².